The van der Waals surface area contributed by atoms with Gasteiger partial charge in [0.15, 0.2) is 5.82 Å². The van der Waals surface area contributed by atoms with Crippen LogP contribution < -0.4 is 0 Å². The van der Waals surface area contributed by atoms with Gasteiger partial charge in [-0.15, -0.1) is 5.10 Å². The first-order valence-electron chi connectivity index (χ1n) is 5.07. The zero-order valence-corrected chi connectivity index (χ0v) is 8.94. The topological polar surface area (TPSA) is 38.7 Å². The molecule has 0 N–H and O–H groups in total. The van der Waals surface area contributed by atoms with E-state index in [-0.39, 0.29) is 0 Å². The number of rotatable bonds is 2. The van der Waals surface area contributed by atoms with Crippen molar-refractivity contribution in [2.24, 2.45) is 0 Å². The molecular formula is C12H13N3. The standard InChI is InChI=1S/C12H13N3/c1-3-11-9(2)13-12(15-14-11)10-7-5-4-6-8-10/h4-8H,3H2,1-2H3. The summed E-state index contributed by atoms with van der Waals surface area (Å²) in [5.41, 5.74) is 2.94. The highest BCUT2D eigenvalue weighted by Crippen LogP contribution is 2.13. The Morgan fingerprint density at radius 2 is 1.80 bits per heavy atom. The van der Waals surface area contributed by atoms with Gasteiger partial charge in [-0.05, 0) is 13.3 Å². The summed E-state index contributed by atoms with van der Waals surface area (Å²) >= 11 is 0. The first kappa shape index (κ1) is 9.77. The van der Waals surface area contributed by atoms with Gasteiger partial charge in [0, 0.05) is 5.56 Å². The highest BCUT2D eigenvalue weighted by atomic mass is 15.2. The van der Waals surface area contributed by atoms with Crippen molar-refractivity contribution in [1.29, 1.82) is 0 Å². The van der Waals surface area contributed by atoms with Gasteiger partial charge in [0.2, 0.25) is 0 Å². The maximum absolute atomic E-state index is 4.44. The van der Waals surface area contributed by atoms with Crippen LogP contribution in [-0.2, 0) is 6.42 Å². The van der Waals surface area contributed by atoms with E-state index in [2.05, 4.69) is 22.1 Å². The van der Waals surface area contributed by atoms with Crippen LogP contribution in [0.3, 0.4) is 0 Å². The molecule has 2 aromatic rings. The van der Waals surface area contributed by atoms with E-state index in [9.17, 15) is 0 Å². The lowest BCUT2D eigenvalue weighted by Crippen LogP contribution is -2.01. The molecule has 0 aliphatic rings. The first-order chi connectivity index (χ1) is 7.31. The third-order valence-corrected chi connectivity index (χ3v) is 2.32. The maximum atomic E-state index is 4.44. The van der Waals surface area contributed by atoms with E-state index in [0.29, 0.717) is 5.82 Å². The molecule has 0 amide bonds. The van der Waals surface area contributed by atoms with Gasteiger partial charge in [-0.25, -0.2) is 4.98 Å². The molecule has 15 heavy (non-hydrogen) atoms. The molecule has 0 saturated carbocycles. The van der Waals surface area contributed by atoms with E-state index in [0.717, 1.165) is 23.4 Å². The van der Waals surface area contributed by atoms with Gasteiger partial charge in [-0.1, -0.05) is 37.3 Å². The lowest BCUT2D eigenvalue weighted by molar-refractivity contribution is 0.858. The molecule has 0 saturated heterocycles. The molecule has 0 radical (unpaired) electrons. The van der Waals surface area contributed by atoms with E-state index in [4.69, 9.17) is 0 Å². The van der Waals surface area contributed by atoms with Gasteiger partial charge < -0.3 is 0 Å². The van der Waals surface area contributed by atoms with Crippen LogP contribution >= 0.6 is 0 Å². The van der Waals surface area contributed by atoms with Gasteiger partial charge in [0.1, 0.15) is 0 Å². The van der Waals surface area contributed by atoms with Crippen molar-refractivity contribution >= 4 is 0 Å². The Kier molecular flexibility index (Phi) is 2.72. The molecular weight excluding hydrogens is 186 g/mol. The Hall–Kier alpha value is -1.77. The van der Waals surface area contributed by atoms with E-state index >= 15 is 0 Å². The summed E-state index contributed by atoms with van der Waals surface area (Å²) in [6, 6.07) is 9.90. The number of hydrogen-bond acceptors (Lipinski definition) is 3. The minimum atomic E-state index is 0.699. The Balaban J connectivity index is 2.43. The largest absolute Gasteiger partial charge is 0.230 e. The maximum Gasteiger partial charge on any atom is 0.181 e. The van der Waals surface area contributed by atoms with Crippen molar-refractivity contribution in [1.82, 2.24) is 15.2 Å². The molecule has 2 rings (SSSR count). The molecule has 0 bridgehead atoms. The summed E-state index contributed by atoms with van der Waals surface area (Å²) in [7, 11) is 0. The van der Waals surface area contributed by atoms with Gasteiger partial charge in [0.25, 0.3) is 0 Å². The molecule has 1 aromatic heterocycles. The SMILES string of the molecule is CCc1nnc(-c2ccccc2)nc1C. The normalized spacial score (nSPS) is 10.3. The van der Waals surface area contributed by atoms with Gasteiger partial charge in [0.05, 0.1) is 11.4 Å². The van der Waals surface area contributed by atoms with Crippen LogP contribution in [-0.4, -0.2) is 15.2 Å². The molecule has 0 aliphatic carbocycles. The lowest BCUT2D eigenvalue weighted by Gasteiger charge is -2.03. The van der Waals surface area contributed by atoms with Crippen LogP contribution in [0.15, 0.2) is 30.3 Å². The number of aryl methyl sites for hydroxylation is 2. The molecule has 3 nitrogen and oxygen atoms in total. The fourth-order valence-corrected chi connectivity index (χ4v) is 1.46. The zero-order valence-electron chi connectivity index (χ0n) is 8.94. The monoisotopic (exact) mass is 199 g/mol. The average molecular weight is 199 g/mol. The molecule has 0 aliphatic heterocycles. The second-order valence-corrected chi connectivity index (χ2v) is 3.39. The molecule has 3 heteroatoms. The van der Waals surface area contributed by atoms with Crippen LogP contribution in [0.2, 0.25) is 0 Å². The molecule has 0 spiro atoms. The second kappa shape index (κ2) is 4.17. The van der Waals surface area contributed by atoms with E-state index < -0.39 is 0 Å². The van der Waals surface area contributed by atoms with Crippen molar-refractivity contribution < 1.29 is 0 Å². The predicted octanol–water partition coefficient (Wildman–Crippen LogP) is 2.41. The molecule has 0 atom stereocenters. The number of benzene rings is 1. The highest BCUT2D eigenvalue weighted by Gasteiger charge is 2.04. The number of hydrogen-bond donors (Lipinski definition) is 0. The van der Waals surface area contributed by atoms with Crippen molar-refractivity contribution in [3.05, 3.63) is 41.7 Å². The van der Waals surface area contributed by atoms with Gasteiger partial charge in [-0.2, -0.15) is 5.10 Å². The van der Waals surface area contributed by atoms with Crippen LogP contribution in [0.25, 0.3) is 11.4 Å². The van der Waals surface area contributed by atoms with Gasteiger partial charge >= 0.3 is 0 Å². The van der Waals surface area contributed by atoms with Crippen LogP contribution in [0, 0.1) is 6.92 Å². The quantitative estimate of drug-likeness (QED) is 0.745. The fraction of sp³-hybridized carbons (Fsp3) is 0.250. The summed E-state index contributed by atoms with van der Waals surface area (Å²) in [5.74, 6) is 0.699. The molecule has 76 valence electrons. The smallest absolute Gasteiger partial charge is 0.181 e. The minimum absolute atomic E-state index is 0.699. The summed E-state index contributed by atoms with van der Waals surface area (Å²) < 4.78 is 0. The number of aromatic nitrogens is 3. The number of nitrogens with zero attached hydrogens (tertiary/aromatic N) is 3. The molecule has 0 fully saturated rings. The highest BCUT2D eigenvalue weighted by molar-refractivity contribution is 5.53. The predicted molar refractivity (Wildman–Crippen MR) is 59.4 cm³/mol. The van der Waals surface area contributed by atoms with Gasteiger partial charge in [-0.3, -0.25) is 0 Å². The second-order valence-electron chi connectivity index (χ2n) is 3.39. The van der Waals surface area contributed by atoms with Crippen molar-refractivity contribution in [3.63, 3.8) is 0 Å². The third kappa shape index (κ3) is 2.01. The fourth-order valence-electron chi connectivity index (χ4n) is 1.46. The Labute approximate surface area is 89.2 Å². The molecule has 1 heterocycles. The summed E-state index contributed by atoms with van der Waals surface area (Å²) in [6.45, 7) is 4.03. The Morgan fingerprint density at radius 3 is 2.40 bits per heavy atom. The van der Waals surface area contributed by atoms with Crippen LogP contribution in [0.4, 0.5) is 0 Å². The first-order valence-corrected chi connectivity index (χ1v) is 5.07. The van der Waals surface area contributed by atoms with Crippen molar-refractivity contribution in [2.75, 3.05) is 0 Å². The summed E-state index contributed by atoms with van der Waals surface area (Å²) in [4.78, 5) is 4.44. The zero-order chi connectivity index (χ0) is 10.7. The third-order valence-electron chi connectivity index (χ3n) is 2.32. The Bertz CT molecular complexity index is 452. The van der Waals surface area contributed by atoms with Crippen LogP contribution in [0.1, 0.15) is 18.3 Å². The lowest BCUT2D eigenvalue weighted by atomic mass is 10.2. The van der Waals surface area contributed by atoms with E-state index in [1.54, 1.807) is 0 Å². The minimum Gasteiger partial charge on any atom is -0.230 e. The molecule has 1 aromatic carbocycles. The Morgan fingerprint density at radius 1 is 1.07 bits per heavy atom. The van der Waals surface area contributed by atoms with Crippen molar-refractivity contribution in [3.8, 4) is 11.4 Å². The summed E-state index contributed by atoms with van der Waals surface area (Å²) in [6.07, 6.45) is 0.876. The van der Waals surface area contributed by atoms with E-state index in [1.807, 2.05) is 37.3 Å². The van der Waals surface area contributed by atoms with Crippen LogP contribution in [0.5, 0.6) is 0 Å². The van der Waals surface area contributed by atoms with E-state index in [1.165, 1.54) is 0 Å². The van der Waals surface area contributed by atoms with Crippen molar-refractivity contribution in [2.45, 2.75) is 20.3 Å². The summed E-state index contributed by atoms with van der Waals surface area (Å²) in [5, 5.41) is 8.28. The molecule has 0 unspecified atom stereocenters. The average Bonchev–Trinajstić information content (AvgIpc) is 2.30.